The predicted octanol–water partition coefficient (Wildman–Crippen LogP) is 4.45. The number of nitrogen functional groups attached to an aromatic ring is 1. The Morgan fingerprint density at radius 2 is 2.00 bits per heavy atom. The maximum absolute atomic E-state index is 9.06. The van der Waals surface area contributed by atoms with Gasteiger partial charge in [-0.3, -0.25) is 0 Å². The van der Waals surface area contributed by atoms with Crippen LogP contribution in [0.1, 0.15) is 22.6 Å². The molecule has 1 aliphatic heterocycles. The number of para-hydroxylation sites is 1. The van der Waals surface area contributed by atoms with Gasteiger partial charge >= 0.3 is 0 Å². The molecule has 0 spiro atoms. The first-order chi connectivity index (χ1) is 14.7. The van der Waals surface area contributed by atoms with Crippen LogP contribution in [0.15, 0.2) is 60.8 Å². The Morgan fingerprint density at radius 1 is 1.17 bits per heavy atom. The quantitative estimate of drug-likeness (QED) is 0.335. The minimum absolute atomic E-state index is 0.159. The van der Waals surface area contributed by atoms with Crippen LogP contribution in [0.4, 0.5) is 5.13 Å². The highest BCUT2D eigenvalue weighted by atomic mass is 32.2. The number of aromatic nitrogens is 1. The zero-order chi connectivity index (χ0) is 20.8. The fraction of sp³-hybridized carbons (Fsp3) is 0.227. The van der Waals surface area contributed by atoms with Crippen molar-refractivity contribution in [2.24, 2.45) is 0 Å². The number of ether oxygens (including phenoxy) is 1. The van der Waals surface area contributed by atoms with Crippen molar-refractivity contribution in [2.45, 2.75) is 18.7 Å². The third-order valence-electron chi connectivity index (χ3n) is 4.47. The molecule has 2 aromatic carbocycles. The number of rotatable bonds is 9. The van der Waals surface area contributed by atoms with Crippen molar-refractivity contribution in [2.75, 3.05) is 18.9 Å². The normalized spacial score (nSPS) is 13.0. The van der Waals surface area contributed by atoms with Gasteiger partial charge in [0.25, 0.3) is 0 Å². The monoisotopic (exact) mass is 440 g/mol. The molecule has 156 valence electrons. The predicted molar refractivity (Wildman–Crippen MR) is 124 cm³/mol. The molecule has 0 saturated carbocycles. The maximum atomic E-state index is 9.06. The van der Waals surface area contributed by atoms with Crippen LogP contribution in [0.3, 0.4) is 0 Å². The summed E-state index contributed by atoms with van der Waals surface area (Å²) >= 11 is 3.26. The number of thiazole rings is 1. The van der Waals surface area contributed by atoms with Crippen LogP contribution in [0.2, 0.25) is 0 Å². The molecule has 1 aliphatic rings. The molecular formula is C22H24N4O2S2. The van der Waals surface area contributed by atoms with Crippen LogP contribution in [-0.2, 0) is 12.3 Å². The van der Waals surface area contributed by atoms with Gasteiger partial charge in [-0.2, -0.15) is 0 Å². The van der Waals surface area contributed by atoms with Gasteiger partial charge in [0, 0.05) is 25.1 Å². The van der Waals surface area contributed by atoms with Crippen molar-refractivity contribution in [1.29, 1.82) is 0 Å². The van der Waals surface area contributed by atoms with E-state index in [0.717, 1.165) is 40.1 Å². The van der Waals surface area contributed by atoms with E-state index >= 15 is 0 Å². The third-order valence-corrected chi connectivity index (χ3v) is 6.36. The lowest BCUT2D eigenvalue weighted by molar-refractivity contribution is 0.288. The molecule has 3 aromatic rings. The number of aliphatic hydroxyl groups excluding tert-OH is 1. The molecule has 4 rings (SSSR count). The molecule has 0 aliphatic carbocycles. The smallest absolute Gasteiger partial charge is 0.180 e. The van der Waals surface area contributed by atoms with Gasteiger partial charge < -0.3 is 25.2 Å². The van der Waals surface area contributed by atoms with Crippen LogP contribution in [0.5, 0.6) is 11.5 Å². The average Bonchev–Trinajstić information content (AvgIpc) is 3.14. The summed E-state index contributed by atoms with van der Waals surface area (Å²) in [6.45, 7) is 1.61. The summed E-state index contributed by atoms with van der Waals surface area (Å²) in [7, 11) is 0. The summed E-state index contributed by atoms with van der Waals surface area (Å²) in [6, 6.07) is 18.0. The largest absolute Gasteiger partial charge is 0.457 e. The first kappa shape index (κ1) is 20.6. The fourth-order valence-corrected chi connectivity index (χ4v) is 4.90. The highest BCUT2D eigenvalue weighted by Gasteiger charge is 2.22. The standard InChI is InChI=1S/C22H24N4O2S2/c23-22-25-21-19(24-10-5-11-27)13-26(14-20(21)30-22)29-15-16-6-4-9-18(12-16)28-17-7-2-1-3-8-17/h1-4,6-9,12-13,24,27H,5,10-11,14-15H2,(H2,23,25). The van der Waals surface area contributed by atoms with Crippen molar-refractivity contribution in [1.82, 2.24) is 14.6 Å². The molecule has 0 bridgehead atoms. The van der Waals surface area contributed by atoms with E-state index < -0.39 is 0 Å². The van der Waals surface area contributed by atoms with E-state index in [4.69, 9.17) is 15.6 Å². The molecule has 4 N–H and O–H groups in total. The number of fused-ring (bicyclic) bond motifs is 1. The summed E-state index contributed by atoms with van der Waals surface area (Å²) in [6.07, 6.45) is 2.77. The number of benzene rings is 2. The molecule has 0 radical (unpaired) electrons. The van der Waals surface area contributed by atoms with Gasteiger partial charge in [-0.1, -0.05) is 41.7 Å². The van der Waals surface area contributed by atoms with Gasteiger partial charge in [0.1, 0.15) is 17.2 Å². The fourth-order valence-electron chi connectivity index (χ4n) is 3.08. The second-order valence-electron chi connectivity index (χ2n) is 6.78. The minimum Gasteiger partial charge on any atom is -0.457 e. The molecule has 2 heterocycles. The van der Waals surface area contributed by atoms with Gasteiger partial charge in [0.15, 0.2) is 5.13 Å². The number of nitrogens with two attached hydrogens (primary N) is 1. The van der Waals surface area contributed by atoms with Gasteiger partial charge in [0.2, 0.25) is 0 Å². The van der Waals surface area contributed by atoms with E-state index in [1.165, 1.54) is 16.9 Å². The molecule has 0 saturated heterocycles. The summed E-state index contributed by atoms with van der Waals surface area (Å²) in [5, 5.41) is 13.0. The summed E-state index contributed by atoms with van der Waals surface area (Å²) < 4.78 is 8.15. The van der Waals surface area contributed by atoms with E-state index in [-0.39, 0.29) is 6.61 Å². The number of hydrogen-bond acceptors (Lipinski definition) is 8. The maximum Gasteiger partial charge on any atom is 0.180 e. The van der Waals surface area contributed by atoms with E-state index in [2.05, 4.69) is 32.9 Å². The highest BCUT2D eigenvalue weighted by Crippen LogP contribution is 2.35. The van der Waals surface area contributed by atoms with Crippen LogP contribution >= 0.6 is 23.3 Å². The Bertz CT molecular complexity index is 1010. The molecule has 0 fully saturated rings. The van der Waals surface area contributed by atoms with Gasteiger partial charge in [-0.25, -0.2) is 4.98 Å². The summed E-state index contributed by atoms with van der Waals surface area (Å²) in [5.41, 5.74) is 9.00. The van der Waals surface area contributed by atoms with Gasteiger partial charge in [0.05, 0.1) is 17.1 Å². The molecule has 1 aromatic heterocycles. The van der Waals surface area contributed by atoms with E-state index in [1.54, 1.807) is 11.9 Å². The molecule has 0 unspecified atom stereocenters. The average molecular weight is 441 g/mol. The second kappa shape index (κ2) is 9.88. The van der Waals surface area contributed by atoms with Gasteiger partial charge in [-0.05, 0) is 48.2 Å². The third kappa shape index (κ3) is 5.27. The number of anilines is 1. The second-order valence-corrected chi connectivity index (χ2v) is 8.91. The Morgan fingerprint density at radius 3 is 2.83 bits per heavy atom. The SMILES string of the molecule is Nc1nc2c(s1)CN(SCc1cccc(Oc3ccccc3)c1)C=C2NCCCO. The summed E-state index contributed by atoms with van der Waals surface area (Å²) in [4.78, 5) is 5.61. The zero-order valence-corrected chi connectivity index (χ0v) is 18.1. The number of nitrogens with one attached hydrogen (secondary N) is 1. The highest BCUT2D eigenvalue weighted by molar-refractivity contribution is 7.96. The molecule has 30 heavy (non-hydrogen) atoms. The number of nitrogens with zero attached hydrogens (tertiary/aromatic N) is 2. The topological polar surface area (TPSA) is 83.6 Å². The lowest BCUT2D eigenvalue weighted by Gasteiger charge is -2.25. The molecular weight excluding hydrogens is 416 g/mol. The van der Waals surface area contributed by atoms with Crippen molar-refractivity contribution >= 4 is 34.1 Å². The van der Waals surface area contributed by atoms with Crippen molar-refractivity contribution in [3.8, 4) is 11.5 Å². The van der Waals surface area contributed by atoms with Crippen molar-refractivity contribution < 1.29 is 9.84 Å². The van der Waals surface area contributed by atoms with Crippen molar-refractivity contribution in [3.05, 3.63) is 76.9 Å². The van der Waals surface area contributed by atoms with Crippen molar-refractivity contribution in [3.63, 3.8) is 0 Å². The van der Waals surface area contributed by atoms with E-state index in [1.807, 2.05) is 42.5 Å². The molecule has 8 heteroatoms. The van der Waals surface area contributed by atoms with Crippen LogP contribution in [-0.4, -0.2) is 27.5 Å². The molecule has 6 nitrogen and oxygen atoms in total. The zero-order valence-electron chi connectivity index (χ0n) is 16.5. The Labute approximate surface area is 184 Å². The lowest BCUT2D eigenvalue weighted by atomic mass is 10.2. The van der Waals surface area contributed by atoms with Crippen LogP contribution < -0.4 is 15.8 Å². The number of hydrogen-bond donors (Lipinski definition) is 3. The van der Waals surface area contributed by atoms with E-state index in [9.17, 15) is 0 Å². The van der Waals surface area contributed by atoms with Gasteiger partial charge in [-0.15, -0.1) is 0 Å². The van der Waals surface area contributed by atoms with Crippen LogP contribution in [0.25, 0.3) is 5.70 Å². The Hall–Kier alpha value is -2.68. The molecule has 0 atom stereocenters. The Balaban J connectivity index is 1.41. The van der Waals surface area contributed by atoms with E-state index in [0.29, 0.717) is 18.1 Å². The first-order valence-electron chi connectivity index (χ1n) is 9.75. The Kier molecular flexibility index (Phi) is 6.78. The summed E-state index contributed by atoms with van der Waals surface area (Å²) in [5.74, 6) is 2.48. The van der Waals surface area contributed by atoms with Crippen LogP contribution in [0, 0.1) is 0 Å². The minimum atomic E-state index is 0.159. The lowest BCUT2D eigenvalue weighted by Crippen LogP contribution is -2.23. The first-order valence-corrected chi connectivity index (χ1v) is 11.5. The number of aliphatic hydroxyl groups is 1. The molecule has 0 amide bonds.